The van der Waals surface area contributed by atoms with Gasteiger partial charge in [-0.15, -0.1) is 0 Å². The second-order valence-corrected chi connectivity index (χ2v) is 6.67. The Morgan fingerprint density at radius 3 is 2.89 bits per heavy atom. The lowest BCUT2D eigenvalue weighted by molar-refractivity contribution is -0.144. The van der Waals surface area contributed by atoms with Crippen LogP contribution in [0, 0.1) is 0 Å². The third kappa shape index (κ3) is 4.11. The lowest BCUT2D eigenvalue weighted by atomic mass is 9.88. The molecule has 1 heterocycles. The Balaban J connectivity index is 1.29. The van der Waals surface area contributed by atoms with Crippen LogP contribution in [-0.4, -0.2) is 23.5 Å². The number of benzene rings is 2. The summed E-state index contributed by atoms with van der Waals surface area (Å²) in [6.07, 6.45) is 5.56. The molecular weight excluding hydrogens is 356 g/mol. The van der Waals surface area contributed by atoms with Crippen molar-refractivity contribution in [3.8, 4) is 0 Å². The molecule has 0 saturated heterocycles. The zero-order valence-corrected chi connectivity index (χ0v) is 15.3. The topological polar surface area (TPSA) is 81.4 Å². The number of aryl methyl sites for hydroxylation is 1. The molecule has 1 atom stereocenters. The van der Waals surface area contributed by atoms with E-state index in [0.717, 1.165) is 24.8 Å². The highest BCUT2D eigenvalue weighted by Gasteiger charge is 2.21. The zero-order valence-electron chi connectivity index (χ0n) is 15.3. The van der Waals surface area contributed by atoms with Gasteiger partial charge < -0.3 is 14.5 Å². The molecule has 6 nitrogen and oxygen atoms in total. The maximum absolute atomic E-state index is 12.2. The van der Waals surface area contributed by atoms with Gasteiger partial charge in [0.25, 0.3) is 5.91 Å². The Bertz CT molecular complexity index is 1000. The van der Waals surface area contributed by atoms with Crippen LogP contribution in [0.1, 0.15) is 35.9 Å². The number of nitrogens with one attached hydrogen (secondary N) is 1. The Hall–Kier alpha value is -3.41. The summed E-state index contributed by atoms with van der Waals surface area (Å²) in [5.74, 6) is -0.631. The highest BCUT2D eigenvalue weighted by molar-refractivity contribution is 5.89. The van der Waals surface area contributed by atoms with Crippen LogP contribution >= 0.6 is 0 Å². The van der Waals surface area contributed by atoms with E-state index in [1.54, 1.807) is 6.07 Å². The summed E-state index contributed by atoms with van der Waals surface area (Å²) in [6.45, 7) is -0.324. The number of ether oxygens (including phenoxy) is 1. The molecule has 0 radical (unpaired) electrons. The zero-order chi connectivity index (χ0) is 19.3. The van der Waals surface area contributed by atoms with Crippen molar-refractivity contribution in [3.63, 3.8) is 0 Å². The quantitative estimate of drug-likeness (QED) is 0.544. The van der Waals surface area contributed by atoms with Crippen molar-refractivity contribution in [2.75, 3.05) is 6.61 Å². The van der Waals surface area contributed by atoms with E-state index in [0.29, 0.717) is 17.0 Å². The van der Waals surface area contributed by atoms with E-state index in [-0.39, 0.29) is 18.6 Å². The van der Waals surface area contributed by atoms with Crippen molar-refractivity contribution in [2.24, 2.45) is 0 Å². The molecular formula is C22H20N2O4. The van der Waals surface area contributed by atoms with Gasteiger partial charge in [0.2, 0.25) is 5.89 Å². The Morgan fingerprint density at radius 2 is 2.00 bits per heavy atom. The summed E-state index contributed by atoms with van der Waals surface area (Å²) in [5.41, 5.74) is 3.76. The summed E-state index contributed by atoms with van der Waals surface area (Å²) >= 11 is 0. The Labute approximate surface area is 162 Å². The van der Waals surface area contributed by atoms with E-state index in [4.69, 9.17) is 9.15 Å². The first kappa shape index (κ1) is 18.0. The number of amides is 1. The van der Waals surface area contributed by atoms with Crippen LogP contribution in [-0.2, 0) is 20.7 Å². The fourth-order valence-corrected chi connectivity index (χ4v) is 3.43. The van der Waals surface area contributed by atoms with E-state index >= 15 is 0 Å². The lowest BCUT2D eigenvalue weighted by Gasteiger charge is -2.26. The van der Waals surface area contributed by atoms with Crippen LogP contribution in [0.25, 0.3) is 17.2 Å². The molecule has 28 heavy (non-hydrogen) atoms. The van der Waals surface area contributed by atoms with Gasteiger partial charge in [-0.1, -0.05) is 36.4 Å². The molecule has 1 amide bonds. The molecule has 3 aromatic rings. The normalized spacial score (nSPS) is 16.1. The van der Waals surface area contributed by atoms with Crippen LogP contribution in [0.3, 0.4) is 0 Å². The molecule has 2 aromatic carbocycles. The Morgan fingerprint density at radius 1 is 1.18 bits per heavy atom. The molecule has 6 heteroatoms. The van der Waals surface area contributed by atoms with Gasteiger partial charge in [-0.3, -0.25) is 4.79 Å². The molecule has 1 N–H and O–H groups in total. The summed E-state index contributed by atoms with van der Waals surface area (Å²) in [6, 6.07) is 15.4. The van der Waals surface area contributed by atoms with Gasteiger partial charge in [-0.25, -0.2) is 9.78 Å². The lowest BCUT2D eigenvalue weighted by Crippen LogP contribution is -2.34. The molecule has 1 aromatic heterocycles. The second-order valence-electron chi connectivity index (χ2n) is 6.67. The van der Waals surface area contributed by atoms with Gasteiger partial charge in [0.05, 0.1) is 6.04 Å². The van der Waals surface area contributed by atoms with Gasteiger partial charge in [0, 0.05) is 12.2 Å². The standard InChI is InChI=1S/C22H20N2O4/c25-20(23-17-10-5-7-15-6-1-2-8-16(15)17)14-27-22(26)13-12-21-24-18-9-3-4-11-19(18)28-21/h1-4,6,8-9,11-13,17H,5,7,10,14H2,(H,23,25)/b13-12+/t17-/m0/s1. The number of carbonyl (C=O) groups excluding carboxylic acids is 2. The predicted molar refractivity (Wildman–Crippen MR) is 104 cm³/mol. The van der Waals surface area contributed by atoms with Crippen molar-refractivity contribution in [2.45, 2.75) is 25.3 Å². The van der Waals surface area contributed by atoms with Gasteiger partial charge in [-0.05, 0) is 42.5 Å². The minimum Gasteiger partial charge on any atom is -0.452 e. The summed E-state index contributed by atoms with van der Waals surface area (Å²) in [5, 5.41) is 2.95. The van der Waals surface area contributed by atoms with E-state index in [1.165, 1.54) is 17.7 Å². The molecule has 1 aliphatic carbocycles. The number of hydrogen-bond acceptors (Lipinski definition) is 5. The highest BCUT2D eigenvalue weighted by atomic mass is 16.5. The number of carbonyl (C=O) groups is 2. The van der Waals surface area contributed by atoms with Gasteiger partial charge in [-0.2, -0.15) is 0 Å². The largest absolute Gasteiger partial charge is 0.452 e. The minimum absolute atomic E-state index is 0.0357. The number of fused-ring (bicyclic) bond motifs is 2. The fraction of sp³-hybridized carbons (Fsp3) is 0.227. The molecule has 0 fully saturated rings. The van der Waals surface area contributed by atoms with Crippen molar-refractivity contribution >= 4 is 29.1 Å². The van der Waals surface area contributed by atoms with Gasteiger partial charge >= 0.3 is 5.97 Å². The van der Waals surface area contributed by atoms with Crippen molar-refractivity contribution in [3.05, 3.63) is 71.6 Å². The van der Waals surface area contributed by atoms with Crippen molar-refractivity contribution in [1.29, 1.82) is 0 Å². The molecule has 0 aliphatic heterocycles. The minimum atomic E-state index is -0.624. The third-order valence-corrected chi connectivity index (χ3v) is 4.72. The first-order valence-electron chi connectivity index (χ1n) is 9.26. The number of para-hydroxylation sites is 2. The molecule has 142 valence electrons. The molecule has 0 unspecified atom stereocenters. The van der Waals surface area contributed by atoms with Crippen LogP contribution in [0.2, 0.25) is 0 Å². The summed E-state index contributed by atoms with van der Waals surface area (Å²) < 4.78 is 10.5. The molecule has 4 rings (SSSR count). The average Bonchev–Trinajstić information content (AvgIpc) is 3.14. The third-order valence-electron chi connectivity index (χ3n) is 4.72. The number of oxazole rings is 1. The number of hydrogen-bond donors (Lipinski definition) is 1. The molecule has 0 bridgehead atoms. The number of aromatic nitrogens is 1. The van der Waals surface area contributed by atoms with Crippen LogP contribution < -0.4 is 5.32 Å². The maximum atomic E-state index is 12.2. The summed E-state index contributed by atoms with van der Waals surface area (Å²) in [4.78, 5) is 28.3. The van der Waals surface area contributed by atoms with Crippen LogP contribution in [0.4, 0.5) is 0 Å². The number of nitrogens with zero attached hydrogens (tertiary/aromatic N) is 1. The Kier molecular flexibility index (Phi) is 5.19. The van der Waals surface area contributed by atoms with E-state index in [1.807, 2.05) is 36.4 Å². The fourth-order valence-electron chi connectivity index (χ4n) is 3.43. The number of rotatable bonds is 5. The second kappa shape index (κ2) is 8.08. The number of esters is 1. The average molecular weight is 376 g/mol. The van der Waals surface area contributed by atoms with Crippen molar-refractivity contribution in [1.82, 2.24) is 10.3 Å². The maximum Gasteiger partial charge on any atom is 0.331 e. The van der Waals surface area contributed by atoms with Crippen LogP contribution in [0.15, 0.2) is 59.0 Å². The molecule has 0 saturated carbocycles. The van der Waals surface area contributed by atoms with Crippen molar-refractivity contribution < 1.29 is 18.7 Å². The first-order chi connectivity index (χ1) is 13.7. The monoisotopic (exact) mass is 376 g/mol. The predicted octanol–water partition coefficient (Wildman–Crippen LogP) is 3.58. The van der Waals surface area contributed by atoms with Gasteiger partial charge in [0.1, 0.15) is 5.52 Å². The van der Waals surface area contributed by atoms with E-state index in [9.17, 15) is 9.59 Å². The molecule has 0 spiro atoms. The van der Waals surface area contributed by atoms with E-state index < -0.39 is 5.97 Å². The SMILES string of the molecule is O=C(COC(=O)/C=C/c1nc2ccccc2o1)N[C@H]1CCCc2ccccc21. The summed E-state index contributed by atoms with van der Waals surface area (Å²) in [7, 11) is 0. The first-order valence-corrected chi connectivity index (χ1v) is 9.26. The van der Waals surface area contributed by atoms with E-state index in [2.05, 4.69) is 16.4 Å². The van der Waals surface area contributed by atoms with Crippen LogP contribution in [0.5, 0.6) is 0 Å². The van der Waals surface area contributed by atoms with Gasteiger partial charge in [0.15, 0.2) is 12.2 Å². The molecule has 1 aliphatic rings. The smallest absolute Gasteiger partial charge is 0.331 e. The highest BCUT2D eigenvalue weighted by Crippen LogP contribution is 2.29.